The molecule has 0 spiro atoms. The van der Waals surface area contributed by atoms with Gasteiger partial charge in [-0.15, -0.1) is 0 Å². The van der Waals surface area contributed by atoms with E-state index < -0.39 is 0 Å². The normalized spacial score (nSPS) is 10.7. The van der Waals surface area contributed by atoms with E-state index in [1.165, 1.54) is 11.1 Å². The molecule has 2 aromatic rings. The fraction of sp³-hybridized carbons (Fsp3) is 0.375. The second kappa shape index (κ2) is 6.37. The highest BCUT2D eigenvalue weighted by Crippen LogP contribution is 2.22. The van der Waals surface area contributed by atoms with Crippen LogP contribution in [-0.4, -0.2) is 16.5 Å². The Morgan fingerprint density at radius 3 is 2.60 bits per heavy atom. The quantitative estimate of drug-likeness (QED) is 0.865. The Morgan fingerprint density at radius 1 is 1.10 bits per heavy atom. The Morgan fingerprint density at radius 2 is 1.85 bits per heavy atom. The van der Waals surface area contributed by atoms with E-state index in [1.54, 1.807) is 6.33 Å². The van der Waals surface area contributed by atoms with Crippen molar-refractivity contribution in [3.63, 3.8) is 0 Å². The van der Waals surface area contributed by atoms with E-state index in [-0.39, 0.29) is 0 Å². The molecule has 4 heteroatoms. The summed E-state index contributed by atoms with van der Waals surface area (Å²) in [5, 5.41) is 6.66. The first kappa shape index (κ1) is 14.3. The first-order valence-electron chi connectivity index (χ1n) is 6.95. The first-order chi connectivity index (χ1) is 9.56. The van der Waals surface area contributed by atoms with E-state index in [4.69, 9.17) is 0 Å². The van der Waals surface area contributed by atoms with Gasteiger partial charge in [-0.1, -0.05) is 26.0 Å². The van der Waals surface area contributed by atoms with Crippen LogP contribution in [-0.2, 0) is 0 Å². The lowest BCUT2D eigenvalue weighted by molar-refractivity contribution is 0.687. The minimum atomic E-state index is 0.584. The van der Waals surface area contributed by atoms with Crippen LogP contribution in [0.15, 0.2) is 30.6 Å². The molecule has 0 saturated heterocycles. The van der Waals surface area contributed by atoms with Gasteiger partial charge in [-0.3, -0.25) is 0 Å². The lowest BCUT2D eigenvalue weighted by Gasteiger charge is -2.12. The lowest BCUT2D eigenvalue weighted by atomic mass is 10.1. The van der Waals surface area contributed by atoms with Crippen molar-refractivity contribution in [1.29, 1.82) is 0 Å². The van der Waals surface area contributed by atoms with E-state index in [2.05, 4.69) is 60.4 Å². The van der Waals surface area contributed by atoms with Crippen molar-refractivity contribution >= 4 is 17.3 Å². The maximum Gasteiger partial charge on any atom is 0.135 e. The third-order valence-electron chi connectivity index (χ3n) is 3.23. The largest absolute Gasteiger partial charge is 0.370 e. The Balaban J connectivity index is 2.13. The highest BCUT2D eigenvalue weighted by Gasteiger charge is 2.03. The third kappa shape index (κ3) is 3.70. The van der Waals surface area contributed by atoms with E-state index in [0.717, 1.165) is 23.9 Å². The molecule has 4 nitrogen and oxygen atoms in total. The van der Waals surface area contributed by atoms with Gasteiger partial charge >= 0.3 is 0 Å². The lowest BCUT2D eigenvalue weighted by Crippen LogP contribution is -2.09. The smallest absolute Gasteiger partial charge is 0.135 e. The van der Waals surface area contributed by atoms with Crippen LogP contribution < -0.4 is 10.6 Å². The highest BCUT2D eigenvalue weighted by atomic mass is 15.1. The average molecular weight is 270 g/mol. The van der Waals surface area contributed by atoms with Gasteiger partial charge in [0.1, 0.15) is 18.0 Å². The number of aryl methyl sites for hydroxylation is 1. The minimum Gasteiger partial charge on any atom is -0.370 e. The van der Waals surface area contributed by atoms with Gasteiger partial charge < -0.3 is 10.6 Å². The predicted octanol–water partition coefficient (Wildman–Crippen LogP) is 3.90. The van der Waals surface area contributed by atoms with Crippen molar-refractivity contribution in [2.24, 2.45) is 5.92 Å². The van der Waals surface area contributed by atoms with Crippen LogP contribution in [0.3, 0.4) is 0 Å². The van der Waals surface area contributed by atoms with Crippen LogP contribution in [0.1, 0.15) is 25.0 Å². The van der Waals surface area contributed by atoms with Gasteiger partial charge in [0, 0.05) is 18.3 Å². The van der Waals surface area contributed by atoms with Crippen molar-refractivity contribution in [2.45, 2.75) is 27.7 Å². The van der Waals surface area contributed by atoms with Crippen LogP contribution in [0.2, 0.25) is 0 Å². The van der Waals surface area contributed by atoms with Crippen LogP contribution in [0.5, 0.6) is 0 Å². The Hall–Kier alpha value is -2.10. The summed E-state index contributed by atoms with van der Waals surface area (Å²) in [5.41, 5.74) is 3.59. The molecule has 1 aromatic carbocycles. The minimum absolute atomic E-state index is 0.584. The topological polar surface area (TPSA) is 49.8 Å². The molecule has 0 unspecified atom stereocenters. The van der Waals surface area contributed by atoms with Gasteiger partial charge in [0.05, 0.1) is 0 Å². The number of benzene rings is 1. The number of nitrogens with one attached hydrogen (secondary N) is 2. The van der Waals surface area contributed by atoms with E-state index in [1.807, 2.05) is 12.1 Å². The summed E-state index contributed by atoms with van der Waals surface area (Å²) >= 11 is 0. The highest BCUT2D eigenvalue weighted by molar-refractivity contribution is 5.63. The zero-order chi connectivity index (χ0) is 14.5. The molecule has 0 aliphatic rings. The molecule has 1 heterocycles. The fourth-order valence-corrected chi connectivity index (χ4v) is 1.86. The molecule has 0 amide bonds. The first-order valence-corrected chi connectivity index (χ1v) is 6.95. The summed E-state index contributed by atoms with van der Waals surface area (Å²) < 4.78 is 0. The molecule has 0 aliphatic heterocycles. The maximum atomic E-state index is 4.27. The number of rotatable bonds is 5. The van der Waals surface area contributed by atoms with Crippen LogP contribution in [0, 0.1) is 19.8 Å². The van der Waals surface area contributed by atoms with Gasteiger partial charge in [0.2, 0.25) is 0 Å². The number of anilines is 3. The van der Waals surface area contributed by atoms with Gasteiger partial charge in [-0.05, 0) is 37.0 Å². The monoisotopic (exact) mass is 270 g/mol. The molecule has 0 atom stereocenters. The Kier molecular flexibility index (Phi) is 4.56. The van der Waals surface area contributed by atoms with Gasteiger partial charge in [-0.2, -0.15) is 0 Å². The van der Waals surface area contributed by atoms with Crippen LogP contribution in [0.25, 0.3) is 0 Å². The summed E-state index contributed by atoms with van der Waals surface area (Å²) in [6.07, 6.45) is 1.58. The molecule has 0 aliphatic carbocycles. The Labute approximate surface area is 120 Å². The van der Waals surface area contributed by atoms with Gasteiger partial charge in [-0.25, -0.2) is 9.97 Å². The molecule has 0 radical (unpaired) electrons. The van der Waals surface area contributed by atoms with Crippen molar-refractivity contribution in [1.82, 2.24) is 9.97 Å². The molecule has 2 N–H and O–H groups in total. The molecule has 0 fully saturated rings. The predicted molar refractivity (Wildman–Crippen MR) is 84.6 cm³/mol. The van der Waals surface area contributed by atoms with Crippen LogP contribution >= 0.6 is 0 Å². The average Bonchev–Trinajstić information content (AvgIpc) is 2.42. The summed E-state index contributed by atoms with van der Waals surface area (Å²) in [6.45, 7) is 9.46. The Bertz CT molecular complexity index is 578. The summed E-state index contributed by atoms with van der Waals surface area (Å²) in [4.78, 5) is 8.50. The fourth-order valence-electron chi connectivity index (χ4n) is 1.86. The molecular formula is C16H22N4. The van der Waals surface area contributed by atoms with Crippen molar-refractivity contribution < 1.29 is 0 Å². The maximum absolute atomic E-state index is 4.27. The SMILES string of the molecule is Cc1cccc(Nc2cc(NCC(C)C)ncn2)c1C. The number of aromatic nitrogens is 2. The molecule has 0 bridgehead atoms. The molecule has 20 heavy (non-hydrogen) atoms. The number of hydrogen-bond donors (Lipinski definition) is 2. The molecule has 0 saturated carbocycles. The molecule has 1 aromatic heterocycles. The second-order valence-corrected chi connectivity index (χ2v) is 5.44. The molecular weight excluding hydrogens is 248 g/mol. The van der Waals surface area contributed by atoms with Crippen molar-refractivity contribution in [3.8, 4) is 0 Å². The zero-order valence-corrected chi connectivity index (χ0v) is 12.6. The standard InChI is InChI=1S/C16H22N4/c1-11(2)9-17-15-8-16(19-10-18-15)20-14-7-5-6-12(3)13(14)4/h5-8,10-11H,9H2,1-4H3,(H2,17,18,19,20). The third-order valence-corrected chi connectivity index (χ3v) is 3.23. The van der Waals surface area contributed by atoms with Crippen molar-refractivity contribution in [3.05, 3.63) is 41.7 Å². The zero-order valence-electron chi connectivity index (χ0n) is 12.6. The van der Waals surface area contributed by atoms with Crippen LogP contribution in [0.4, 0.5) is 17.3 Å². The number of hydrogen-bond acceptors (Lipinski definition) is 4. The summed E-state index contributed by atoms with van der Waals surface area (Å²) in [6, 6.07) is 8.15. The summed E-state index contributed by atoms with van der Waals surface area (Å²) in [5.74, 6) is 2.24. The second-order valence-electron chi connectivity index (χ2n) is 5.44. The van der Waals surface area contributed by atoms with Crippen molar-refractivity contribution in [2.75, 3.05) is 17.2 Å². The number of nitrogens with zero attached hydrogens (tertiary/aromatic N) is 2. The molecule has 2 rings (SSSR count). The van der Waals surface area contributed by atoms with E-state index in [9.17, 15) is 0 Å². The molecule has 106 valence electrons. The van der Waals surface area contributed by atoms with Gasteiger partial charge in [0.15, 0.2) is 0 Å². The van der Waals surface area contributed by atoms with Gasteiger partial charge in [0.25, 0.3) is 0 Å². The van der Waals surface area contributed by atoms with E-state index in [0.29, 0.717) is 5.92 Å². The van der Waals surface area contributed by atoms with E-state index >= 15 is 0 Å². The summed E-state index contributed by atoms with van der Waals surface area (Å²) in [7, 11) is 0.